The van der Waals surface area contributed by atoms with Crippen molar-refractivity contribution in [2.24, 2.45) is 16.8 Å². The zero-order valence-electron chi connectivity index (χ0n) is 16.0. The van der Waals surface area contributed by atoms with Crippen LogP contribution in [0.25, 0.3) is 0 Å². The van der Waals surface area contributed by atoms with Gasteiger partial charge in [0.25, 0.3) is 5.91 Å². The third-order valence-corrected chi connectivity index (χ3v) is 6.59. The van der Waals surface area contributed by atoms with E-state index in [0.717, 1.165) is 31.4 Å². The Morgan fingerprint density at radius 2 is 2.19 bits per heavy atom. The quantitative estimate of drug-likeness (QED) is 0.628. The summed E-state index contributed by atoms with van der Waals surface area (Å²) < 4.78 is 14.6. The highest BCUT2D eigenvalue weighted by atomic mass is 19.1. The van der Waals surface area contributed by atoms with Crippen LogP contribution < -0.4 is 5.48 Å². The predicted octanol–water partition coefficient (Wildman–Crippen LogP) is 3.34. The molecule has 5 nitrogen and oxygen atoms in total. The average Bonchev–Trinajstić information content (AvgIpc) is 2.92. The van der Waals surface area contributed by atoms with Crippen molar-refractivity contribution in [2.75, 3.05) is 6.54 Å². The molecule has 0 saturated heterocycles. The fourth-order valence-corrected chi connectivity index (χ4v) is 5.18. The van der Waals surface area contributed by atoms with Crippen LogP contribution in [0.2, 0.25) is 0 Å². The van der Waals surface area contributed by atoms with Crippen molar-refractivity contribution in [1.82, 2.24) is 10.4 Å². The molecule has 1 amide bonds. The molecule has 2 bridgehead atoms. The molecule has 4 rings (SSSR count). The monoisotopic (exact) mass is 373 g/mol. The number of hydrogen-bond donors (Lipinski definition) is 2. The first-order valence-corrected chi connectivity index (χ1v) is 10.0. The molecule has 0 spiro atoms. The van der Waals surface area contributed by atoms with Gasteiger partial charge in [-0.3, -0.25) is 19.9 Å². The van der Waals surface area contributed by atoms with E-state index < -0.39 is 5.91 Å². The van der Waals surface area contributed by atoms with Gasteiger partial charge in [-0.15, -0.1) is 0 Å². The van der Waals surface area contributed by atoms with Crippen molar-refractivity contribution < 1.29 is 14.4 Å². The lowest BCUT2D eigenvalue weighted by Crippen LogP contribution is -2.44. The van der Waals surface area contributed by atoms with Crippen molar-refractivity contribution in [2.45, 2.75) is 64.6 Å². The highest BCUT2D eigenvalue weighted by Gasteiger charge is 2.36. The van der Waals surface area contributed by atoms with E-state index in [1.54, 1.807) is 11.5 Å². The topological polar surface area (TPSA) is 64.9 Å². The van der Waals surface area contributed by atoms with Crippen LogP contribution in [0.3, 0.4) is 0 Å². The molecule has 4 atom stereocenters. The van der Waals surface area contributed by atoms with Gasteiger partial charge in [0.1, 0.15) is 5.82 Å². The fraction of sp³-hybridized carbons (Fsp3) is 0.619. The normalized spacial score (nSPS) is 30.0. The first kappa shape index (κ1) is 18.6. The van der Waals surface area contributed by atoms with Crippen molar-refractivity contribution in [1.29, 1.82) is 0 Å². The predicted molar refractivity (Wildman–Crippen MR) is 102 cm³/mol. The van der Waals surface area contributed by atoms with Gasteiger partial charge < -0.3 is 0 Å². The number of carbonyl (C=O) groups excluding carboxylic acids is 1. The number of fused-ring (bicyclic) bond motifs is 2. The molecule has 0 fully saturated rings. The van der Waals surface area contributed by atoms with Crippen molar-refractivity contribution >= 4 is 11.6 Å². The Bertz CT molecular complexity index is 779. The van der Waals surface area contributed by atoms with Gasteiger partial charge in [-0.05, 0) is 67.2 Å². The lowest BCUT2D eigenvalue weighted by molar-refractivity contribution is 0.0705. The number of hydrogen-bond acceptors (Lipinski definition) is 4. The zero-order valence-corrected chi connectivity index (χ0v) is 16.0. The first-order valence-electron chi connectivity index (χ1n) is 10.0. The third kappa shape index (κ3) is 3.52. The Morgan fingerprint density at radius 3 is 2.89 bits per heavy atom. The number of rotatable bonds is 4. The Hall–Kier alpha value is -1.79. The molecule has 2 N–H and O–H groups in total. The summed E-state index contributed by atoms with van der Waals surface area (Å²) in [5, 5.41) is 8.86. The SMILES string of the molecule is CC[C@@H]1Cc2c(F)cc(C(=O)NO)cc2CN1C[C@H]1CC2=NC(CC2C)C1. The molecule has 2 unspecified atom stereocenters. The highest BCUT2D eigenvalue weighted by molar-refractivity contribution is 5.93. The Kier molecular flexibility index (Phi) is 5.03. The van der Waals surface area contributed by atoms with Crippen LogP contribution in [0, 0.1) is 17.7 Å². The first-order chi connectivity index (χ1) is 13.0. The molecule has 3 heterocycles. The summed E-state index contributed by atoms with van der Waals surface area (Å²) in [6, 6.07) is 3.76. The van der Waals surface area contributed by atoms with E-state index in [1.165, 1.54) is 18.2 Å². The van der Waals surface area contributed by atoms with Gasteiger partial charge in [-0.1, -0.05) is 13.8 Å². The molecule has 3 aliphatic rings. The fourth-order valence-electron chi connectivity index (χ4n) is 5.18. The van der Waals surface area contributed by atoms with Crippen molar-refractivity contribution in [3.05, 3.63) is 34.6 Å². The minimum absolute atomic E-state index is 0.169. The molecule has 1 aromatic rings. The molecule has 3 aliphatic heterocycles. The lowest BCUT2D eigenvalue weighted by atomic mass is 9.88. The molecule has 0 aliphatic carbocycles. The van der Waals surface area contributed by atoms with Crippen molar-refractivity contribution in [3.63, 3.8) is 0 Å². The van der Waals surface area contributed by atoms with Crippen LogP contribution in [0.4, 0.5) is 4.39 Å². The Morgan fingerprint density at radius 1 is 1.37 bits per heavy atom. The van der Waals surface area contributed by atoms with E-state index in [0.29, 0.717) is 42.4 Å². The van der Waals surface area contributed by atoms with Gasteiger partial charge in [-0.2, -0.15) is 0 Å². The van der Waals surface area contributed by atoms with Gasteiger partial charge >= 0.3 is 0 Å². The number of halogens is 1. The summed E-state index contributed by atoms with van der Waals surface area (Å²) in [6.45, 7) is 6.09. The van der Waals surface area contributed by atoms with E-state index in [-0.39, 0.29) is 11.4 Å². The molecule has 0 saturated carbocycles. The Balaban J connectivity index is 1.54. The van der Waals surface area contributed by atoms with Crippen LogP contribution in [0.1, 0.15) is 61.0 Å². The van der Waals surface area contributed by atoms with Gasteiger partial charge in [0.05, 0.1) is 6.04 Å². The molecule has 0 aromatic heterocycles. The molecular weight excluding hydrogens is 345 g/mol. The van der Waals surface area contributed by atoms with Crippen LogP contribution in [-0.2, 0) is 13.0 Å². The summed E-state index contributed by atoms with van der Waals surface area (Å²) in [5.74, 6) is 0.217. The van der Waals surface area contributed by atoms with Crippen LogP contribution in [-0.4, -0.2) is 40.4 Å². The van der Waals surface area contributed by atoms with Crippen LogP contribution in [0.5, 0.6) is 0 Å². The summed E-state index contributed by atoms with van der Waals surface area (Å²) >= 11 is 0. The maximum atomic E-state index is 14.6. The van der Waals surface area contributed by atoms with Crippen LogP contribution >= 0.6 is 0 Å². The minimum Gasteiger partial charge on any atom is -0.296 e. The van der Waals surface area contributed by atoms with Gasteiger partial charge in [0.15, 0.2) is 0 Å². The van der Waals surface area contributed by atoms with Crippen molar-refractivity contribution in [3.8, 4) is 0 Å². The second kappa shape index (κ2) is 7.32. The summed E-state index contributed by atoms with van der Waals surface area (Å²) in [5.41, 5.74) is 4.73. The molecule has 1 aromatic carbocycles. The van der Waals surface area contributed by atoms with E-state index in [4.69, 9.17) is 10.2 Å². The summed E-state index contributed by atoms with van der Waals surface area (Å²) in [7, 11) is 0. The minimum atomic E-state index is -0.670. The van der Waals surface area contributed by atoms with Gasteiger partial charge in [0, 0.05) is 30.4 Å². The van der Waals surface area contributed by atoms with E-state index in [2.05, 4.69) is 18.7 Å². The number of benzene rings is 1. The zero-order chi connectivity index (χ0) is 19.1. The molecule has 27 heavy (non-hydrogen) atoms. The van der Waals surface area contributed by atoms with Gasteiger partial charge in [-0.25, -0.2) is 9.87 Å². The number of carbonyl (C=O) groups is 1. The third-order valence-electron chi connectivity index (χ3n) is 6.59. The smallest absolute Gasteiger partial charge is 0.274 e. The maximum Gasteiger partial charge on any atom is 0.274 e. The largest absolute Gasteiger partial charge is 0.296 e. The molecule has 146 valence electrons. The molecule has 6 heteroatoms. The number of amides is 1. The summed E-state index contributed by atoms with van der Waals surface area (Å²) in [6.07, 6.45) is 5.07. The lowest BCUT2D eigenvalue weighted by Gasteiger charge is -2.39. The average molecular weight is 373 g/mol. The highest BCUT2D eigenvalue weighted by Crippen LogP contribution is 2.36. The standard InChI is InChI=1S/C21H28FN3O2/c1-3-17-9-18-15(7-14(8-19(18)22)21(26)24-27)11-25(17)10-13-5-16-4-12(2)20(6-13)23-16/h7-8,12-13,16-17,27H,3-6,9-11H2,1-2H3,(H,24,26)/t12?,13-,16?,17-/m1/s1. The number of nitrogens with one attached hydrogen (secondary N) is 1. The Labute approximate surface area is 159 Å². The number of hydroxylamine groups is 1. The number of nitrogens with zero attached hydrogens (tertiary/aromatic N) is 2. The van der Waals surface area contributed by atoms with E-state index in [9.17, 15) is 9.18 Å². The van der Waals surface area contributed by atoms with E-state index >= 15 is 0 Å². The maximum absolute atomic E-state index is 14.6. The molecular formula is C21H28FN3O2. The summed E-state index contributed by atoms with van der Waals surface area (Å²) in [4.78, 5) is 19.0. The van der Waals surface area contributed by atoms with E-state index in [1.807, 2.05) is 0 Å². The second-order valence-corrected chi connectivity index (χ2v) is 8.45. The van der Waals surface area contributed by atoms with Gasteiger partial charge in [0.2, 0.25) is 0 Å². The van der Waals surface area contributed by atoms with Crippen LogP contribution in [0.15, 0.2) is 17.1 Å². The molecule has 0 radical (unpaired) electrons. The second-order valence-electron chi connectivity index (χ2n) is 8.45. The number of aliphatic imine (C=N–C) groups is 1.